The fraction of sp³-hybridized carbons (Fsp3) is 0. The minimum Gasteiger partial charge on any atom is -0.377 e. The third-order valence-electron chi connectivity index (χ3n) is 4.82. The predicted octanol–water partition coefficient (Wildman–Crippen LogP) is 4.90. The summed E-state index contributed by atoms with van der Waals surface area (Å²) in [5.41, 5.74) is 0.878. The number of hydrogen-bond donors (Lipinski definition) is 3. The molecule has 0 aliphatic carbocycles. The van der Waals surface area contributed by atoms with Crippen LogP contribution in [0.4, 0.5) is 21.9 Å². The quantitative estimate of drug-likeness (QED) is 0.282. The Labute approximate surface area is 208 Å². The molecule has 0 saturated heterocycles. The Morgan fingerprint density at radius 2 is 1.17 bits per heavy atom. The Hall–Kier alpha value is -4.35. The summed E-state index contributed by atoms with van der Waals surface area (Å²) in [4.78, 5) is 12.2. The van der Waals surface area contributed by atoms with Gasteiger partial charge in [-0.15, -0.1) is 0 Å². The van der Waals surface area contributed by atoms with Crippen molar-refractivity contribution in [2.75, 3.05) is 15.4 Å². The molecule has 0 bridgehead atoms. The SMILES string of the molecule is O=C(Nc1ccccc1)Nc1ccccc1OS(=O)(=O)c1ccc(NS(=O)(=O)c2ccccc2)cc1. The molecule has 4 aromatic rings. The summed E-state index contributed by atoms with van der Waals surface area (Å²) in [5, 5.41) is 5.20. The lowest BCUT2D eigenvalue weighted by atomic mass is 10.3. The highest BCUT2D eigenvalue weighted by Crippen LogP contribution is 2.28. The van der Waals surface area contributed by atoms with Gasteiger partial charge in [0.1, 0.15) is 4.90 Å². The molecule has 4 rings (SSSR count). The smallest absolute Gasteiger partial charge is 0.339 e. The number of hydrogen-bond acceptors (Lipinski definition) is 6. The van der Waals surface area contributed by atoms with Crippen molar-refractivity contribution < 1.29 is 25.8 Å². The molecule has 0 radical (unpaired) electrons. The number of para-hydroxylation sites is 3. The molecule has 0 spiro atoms. The van der Waals surface area contributed by atoms with E-state index < -0.39 is 26.2 Å². The van der Waals surface area contributed by atoms with E-state index in [0.29, 0.717) is 5.69 Å². The highest BCUT2D eigenvalue weighted by atomic mass is 32.2. The van der Waals surface area contributed by atoms with E-state index in [9.17, 15) is 21.6 Å². The number of urea groups is 1. The highest BCUT2D eigenvalue weighted by molar-refractivity contribution is 7.92. The first kappa shape index (κ1) is 24.8. The summed E-state index contributed by atoms with van der Waals surface area (Å²) in [5.74, 6) is -0.0884. The van der Waals surface area contributed by atoms with E-state index in [1.807, 2.05) is 6.07 Å². The van der Waals surface area contributed by atoms with Gasteiger partial charge in [-0.1, -0.05) is 48.5 Å². The van der Waals surface area contributed by atoms with Crippen LogP contribution in [0.5, 0.6) is 5.75 Å². The Kier molecular flexibility index (Phi) is 7.23. The number of sulfonamides is 1. The Bertz CT molecular complexity index is 1560. The van der Waals surface area contributed by atoms with Crippen LogP contribution in [-0.2, 0) is 20.1 Å². The molecule has 0 aliphatic rings. The topological polar surface area (TPSA) is 131 Å². The van der Waals surface area contributed by atoms with Crippen LogP contribution in [0.1, 0.15) is 0 Å². The van der Waals surface area contributed by atoms with Gasteiger partial charge in [0.25, 0.3) is 10.0 Å². The molecular weight excluding hydrogens is 502 g/mol. The Morgan fingerprint density at radius 3 is 1.83 bits per heavy atom. The van der Waals surface area contributed by atoms with Gasteiger partial charge < -0.3 is 14.8 Å². The van der Waals surface area contributed by atoms with Crippen molar-refractivity contribution in [3.8, 4) is 5.75 Å². The normalized spacial score (nSPS) is 11.3. The fourth-order valence-corrected chi connectivity index (χ4v) is 5.15. The predicted molar refractivity (Wildman–Crippen MR) is 137 cm³/mol. The van der Waals surface area contributed by atoms with E-state index in [1.165, 1.54) is 48.5 Å². The van der Waals surface area contributed by atoms with Crippen molar-refractivity contribution in [3.63, 3.8) is 0 Å². The van der Waals surface area contributed by atoms with Crippen LogP contribution in [-0.4, -0.2) is 22.9 Å². The van der Waals surface area contributed by atoms with Crippen LogP contribution in [0.2, 0.25) is 0 Å². The van der Waals surface area contributed by atoms with Gasteiger partial charge in [-0.05, 0) is 60.7 Å². The summed E-state index contributed by atoms with van der Waals surface area (Å²) < 4.78 is 58.3. The van der Waals surface area contributed by atoms with Gasteiger partial charge in [0.2, 0.25) is 0 Å². The van der Waals surface area contributed by atoms with E-state index in [1.54, 1.807) is 54.6 Å². The van der Waals surface area contributed by atoms with Gasteiger partial charge in [0.15, 0.2) is 5.75 Å². The maximum atomic E-state index is 12.9. The van der Waals surface area contributed by atoms with Gasteiger partial charge in [-0.2, -0.15) is 8.42 Å². The van der Waals surface area contributed by atoms with E-state index in [-0.39, 0.29) is 26.9 Å². The molecule has 0 aromatic heterocycles. The number of carbonyl (C=O) groups is 1. The Morgan fingerprint density at radius 1 is 0.583 bits per heavy atom. The van der Waals surface area contributed by atoms with Crippen LogP contribution >= 0.6 is 0 Å². The average Bonchev–Trinajstić information content (AvgIpc) is 2.86. The molecule has 3 N–H and O–H groups in total. The second-order valence-electron chi connectivity index (χ2n) is 7.42. The maximum Gasteiger partial charge on any atom is 0.339 e. The van der Waals surface area contributed by atoms with Crippen LogP contribution in [0.3, 0.4) is 0 Å². The zero-order valence-corrected chi connectivity index (χ0v) is 20.3. The molecule has 36 heavy (non-hydrogen) atoms. The number of amides is 2. The summed E-state index contributed by atoms with van der Waals surface area (Å²) in [6, 6.07) is 27.1. The van der Waals surface area contributed by atoms with Crippen molar-refractivity contribution in [3.05, 3.63) is 109 Å². The van der Waals surface area contributed by atoms with Gasteiger partial charge in [0.05, 0.1) is 10.6 Å². The first-order valence-corrected chi connectivity index (χ1v) is 13.5. The van der Waals surface area contributed by atoms with E-state index >= 15 is 0 Å². The molecule has 0 saturated carbocycles. The van der Waals surface area contributed by atoms with Crippen molar-refractivity contribution >= 4 is 43.2 Å². The van der Waals surface area contributed by atoms with Crippen LogP contribution in [0.15, 0.2) is 119 Å². The summed E-state index contributed by atoms with van der Waals surface area (Å²) in [7, 11) is -8.12. The highest BCUT2D eigenvalue weighted by Gasteiger charge is 2.20. The molecule has 2 amide bonds. The number of benzene rings is 4. The van der Waals surface area contributed by atoms with Crippen molar-refractivity contribution in [1.29, 1.82) is 0 Å². The molecule has 184 valence electrons. The monoisotopic (exact) mass is 523 g/mol. The van der Waals surface area contributed by atoms with Gasteiger partial charge in [-0.25, -0.2) is 13.2 Å². The van der Waals surface area contributed by atoms with Crippen LogP contribution in [0.25, 0.3) is 0 Å². The average molecular weight is 524 g/mol. The minimum atomic E-state index is -4.29. The van der Waals surface area contributed by atoms with Gasteiger partial charge >= 0.3 is 16.1 Å². The van der Waals surface area contributed by atoms with Crippen LogP contribution < -0.4 is 19.5 Å². The fourth-order valence-electron chi connectivity index (χ4n) is 3.12. The minimum absolute atomic E-state index is 0.0745. The third-order valence-corrected chi connectivity index (χ3v) is 7.46. The molecule has 9 nitrogen and oxygen atoms in total. The standard InChI is InChI=1S/C25H21N3O6S2/c29-25(26-19-9-3-1-4-10-19)27-23-13-7-8-14-24(23)34-36(32,33)22-17-15-20(16-18-22)28-35(30,31)21-11-5-2-6-12-21/h1-18,28H,(H2,26,27,29). The van der Waals surface area contributed by atoms with E-state index in [4.69, 9.17) is 4.18 Å². The molecule has 0 atom stereocenters. The number of nitrogens with one attached hydrogen (secondary N) is 3. The first-order chi connectivity index (χ1) is 17.2. The third kappa shape index (κ3) is 6.20. The second kappa shape index (κ2) is 10.5. The lowest BCUT2D eigenvalue weighted by molar-refractivity contribution is 0.262. The van der Waals surface area contributed by atoms with Gasteiger partial charge in [-0.3, -0.25) is 4.72 Å². The van der Waals surface area contributed by atoms with E-state index in [0.717, 1.165) is 0 Å². The number of rotatable bonds is 8. The van der Waals surface area contributed by atoms with Crippen molar-refractivity contribution in [2.45, 2.75) is 9.79 Å². The largest absolute Gasteiger partial charge is 0.377 e. The summed E-state index contributed by atoms with van der Waals surface area (Å²) >= 11 is 0. The summed E-state index contributed by atoms with van der Waals surface area (Å²) in [6.07, 6.45) is 0. The molecule has 0 unspecified atom stereocenters. The zero-order chi connectivity index (χ0) is 25.6. The molecule has 4 aromatic carbocycles. The summed E-state index contributed by atoms with van der Waals surface area (Å²) in [6.45, 7) is 0. The molecule has 11 heteroatoms. The lowest BCUT2D eigenvalue weighted by Gasteiger charge is -2.13. The van der Waals surface area contributed by atoms with E-state index in [2.05, 4.69) is 15.4 Å². The maximum absolute atomic E-state index is 12.9. The Balaban J connectivity index is 1.47. The molecule has 0 fully saturated rings. The zero-order valence-electron chi connectivity index (χ0n) is 18.7. The molecule has 0 aliphatic heterocycles. The van der Waals surface area contributed by atoms with Crippen molar-refractivity contribution in [1.82, 2.24) is 0 Å². The van der Waals surface area contributed by atoms with Crippen LogP contribution in [0, 0.1) is 0 Å². The molecule has 0 heterocycles. The number of anilines is 3. The first-order valence-electron chi connectivity index (χ1n) is 10.6. The molecular formula is C25H21N3O6S2. The lowest BCUT2D eigenvalue weighted by Crippen LogP contribution is -2.20. The second-order valence-corrected chi connectivity index (χ2v) is 10.7. The van der Waals surface area contributed by atoms with Crippen molar-refractivity contribution in [2.24, 2.45) is 0 Å². The van der Waals surface area contributed by atoms with Gasteiger partial charge in [0, 0.05) is 11.4 Å². The number of carbonyl (C=O) groups excluding carboxylic acids is 1.